The minimum absolute atomic E-state index is 0.0667. The lowest BCUT2D eigenvalue weighted by atomic mass is 9.75. The number of hydrogen-bond acceptors (Lipinski definition) is 2. The van der Waals surface area contributed by atoms with Crippen LogP contribution in [0.3, 0.4) is 0 Å². The smallest absolute Gasteiger partial charge is 0.326 e. The van der Waals surface area contributed by atoms with E-state index in [2.05, 4.69) is 12.2 Å². The third-order valence-electron chi connectivity index (χ3n) is 4.16. The highest BCUT2D eigenvalue weighted by Gasteiger charge is 2.40. The van der Waals surface area contributed by atoms with Crippen molar-refractivity contribution in [2.24, 2.45) is 0 Å². The number of carbonyl (C=O) groups excluding carboxylic acids is 1. The third kappa shape index (κ3) is 2.23. The number of nitrogens with one attached hydrogen (secondary N) is 1. The Labute approximate surface area is 101 Å². The fourth-order valence-electron chi connectivity index (χ4n) is 2.74. The summed E-state index contributed by atoms with van der Waals surface area (Å²) in [5, 5.41) is 12.1. The molecule has 1 atom stereocenters. The average molecular weight is 240 g/mol. The molecule has 5 nitrogen and oxygen atoms in total. The summed E-state index contributed by atoms with van der Waals surface area (Å²) in [7, 11) is 0. The van der Waals surface area contributed by atoms with Gasteiger partial charge >= 0.3 is 12.0 Å². The van der Waals surface area contributed by atoms with Crippen LogP contribution in [-0.2, 0) is 4.79 Å². The van der Waals surface area contributed by atoms with Gasteiger partial charge in [0.25, 0.3) is 0 Å². The fraction of sp³-hybridized carbons (Fsp3) is 0.833. The van der Waals surface area contributed by atoms with Crippen LogP contribution in [0.15, 0.2) is 0 Å². The van der Waals surface area contributed by atoms with Crippen molar-refractivity contribution in [3.05, 3.63) is 0 Å². The number of amides is 2. The Morgan fingerprint density at radius 2 is 2.12 bits per heavy atom. The number of hydrogen-bond donors (Lipinski definition) is 2. The quantitative estimate of drug-likeness (QED) is 0.786. The molecule has 0 aromatic carbocycles. The minimum Gasteiger partial charge on any atom is -0.480 e. The molecule has 2 fully saturated rings. The van der Waals surface area contributed by atoms with Gasteiger partial charge < -0.3 is 15.3 Å². The van der Waals surface area contributed by atoms with Crippen LogP contribution in [0, 0.1) is 0 Å². The Morgan fingerprint density at radius 1 is 1.41 bits per heavy atom. The summed E-state index contributed by atoms with van der Waals surface area (Å²) >= 11 is 0. The molecule has 2 amide bonds. The lowest BCUT2D eigenvalue weighted by molar-refractivity contribution is -0.141. The molecule has 0 unspecified atom stereocenters. The lowest BCUT2D eigenvalue weighted by Gasteiger charge is -2.43. The minimum atomic E-state index is -0.892. The first-order valence-corrected chi connectivity index (χ1v) is 6.39. The van der Waals surface area contributed by atoms with Crippen LogP contribution in [-0.4, -0.2) is 40.1 Å². The van der Waals surface area contributed by atoms with E-state index in [1.807, 2.05) is 0 Å². The van der Waals surface area contributed by atoms with Gasteiger partial charge in [-0.15, -0.1) is 0 Å². The maximum atomic E-state index is 12.1. The van der Waals surface area contributed by atoms with E-state index < -0.39 is 12.0 Å². The second-order valence-electron chi connectivity index (χ2n) is 5.11. The molecule has 2 rings (SSSR count). The molecule has 1 heterocycles. The highest BCUT2D eigenvalue weighted by atomic mass is 16.4. The number of nitrogens with zero attached hydrogens (tertiary/aromatic N) is 1. The van der Waals surface area contributed by atoms with E-state index in [0.717, 1.165) is 32.1 Å². The van der Waals surface area contributed by atoms with E-state index in [1.54, 1.807) is 0 Å². The van der Waals surface area contributed by atoms with Crippen molar-refractivity contribution in [2.45, 2.75) is 57.0 Å². The van der Waals surface area contributed by atoms with Crippen LogP contribution in [0.5, 0.6) is 0 Å². The van der Waals surface area contributed by atoms with Gasteiger partial charge in [0.2, 0.25) is 0 Å². The van der Waals surface area contributed by atoms with Gasteiger partial charge in [0, 0.05) is 12.1 Å². The molecule has 5 heteroatoms. The number of urea groups is 1. The first kappa shape index (κ1) is 12.2. The molecular weight excluding hydrogens is 220 g/mol. The van der Waals surface area contributed by atoms with E-state index in [0.29, 0.717) is 13.0 Å². The Hall–Kier alpha value is -1.26. The van der Waals surface area contributed by atoms with Gasteiger partial charge in [0.15, 0.2) is 0 Å². The van der Waals surface area contributed by atoms with Gasteiger partial charge in [-0.2, -0.15) is 0 Å². The number of carboxylic acid groups (broad SMARTS) is 1. The van der Waals surface area contributed by atoms with Crippen LogP contribution in [0.4, 0.5) is 4.79 Å². The molecule has 2 N–H and O–H groups in total. The zero-order valence-corrected chi connectivity index (χ0v) is 10.2. The van der Waals surface area contributed by atoms with Crippen LogP contribution < -0.4 is 5.32 Å². The van der Waals surface area contributed by atoms with Gasteiger partial charge in [0.05, 0.1) is 0 Å². The van der Waals surface area contributed by atoms with Crippen molar-refractivity contribution in [1.29, 1.82) is 0 Å². The van der Waals surface area contributed by atoms with E-state index in [-0.39, 0.29) is 11.6 Å². The Bertz CT molecular complexity index is 320. The first-order chi connectivity index (χ1) is 8.08. The van der Waals surface area contributed by atoms with E-state index >= 15 is 0 Å². The second-order valence-corrected chi connectivity index (χ2v) is 5.11. The topological polar surface area (TPSA) is 69.6 Å². The molecule has 0 radical (unpaired) electrons. The largest absolute Gasteiger partial charge is 0.480 e. The summed E-state index contributed by atoms with van der Waals surface area (Å²) in [6.45, 7) is 2.63. The molecule has 1 saturated carbocycles. The van der Waals surface area contributed by atoms with Crippen LogP contribution in [0.25, 0.3) is 0 Å². The van der Waals surface area contributed by atoms with E-state index in [1.165, 1.54) is 4.90 Å². The summed E-state index contributed by atoms with van der Waals surface area (Å²) in [6.07, 6.45) is 5.45. The highest BCUT2D eigenvalue weighted by molar-refractivity contribution is 5.83. The molecule has 1 aliphatic carbocycles. The first-order valence-electron chi connectivity index (χ1n) is 6.39. The molecule has 1 aliphatic heterocycles. The standard InChI is InChI=1S/C12H20N2O3/c1-2-12(6-4-7-12)13-11(17)14-8-3-5-9(14)10(15)16/h9H,2-8H2,1H3,(H,13,17)(H,15,16)/t9-/m0/s1. The van der Waals surface area contributed by atoms with Gasteiger partial charge in [-0.3, -0.25) is 0 Å². The highest BCUT2D eigenvalue weighted by Crippen LogP contribution is 2.35. The number of carbonyl (C=O) groups is 2. The van der Waals surface area contributed by atoms with Gasteiger partial charge in [-0.1, -0.05) is 6.92 Å². The zero-order chi connectivity index (χ0) is 12.5. The average Bonchev–Trinajstić information content (AvgIpc) is 2.72. The Morgan fingerprint density at radius 3 is 2.59 bits per heavy atom. The van der Waals surface area contributed by atoms with Crippen molar-refractivity contribution in [1.82, 2.24) is 10.2 Å². The number of aliphatic carboxylic acids is 1. The van der Waals surface area contributed by atoms with Gasteiger partial charge in [0.1, 0.15) is 6.04 Å². The summed E-state index contributed by atoms with van der Waals surface area (Å²) in [5.41, 5.74) is -0.0667. The number of carboxylic acids is 1. The maximum absolute atomic E-state index is 12.1. The molecule has 2 aliphatic rings. The van der Waals surface area contributed by atoms with Crippen LogP contribution in [0.2, 0.25) is 0 Å². The van der Waals surface area contributed by atoms with E-state index in [4.69, 9.17) is 5.11 Å². The zero-order valence-electron chi connectivity index (χ0n) is 10.2. The maximum Gasteiger partial charge on any atom is 0.326 e. The Kier molecular flexibility index (Phi) is 3.26. The number of likely N-dealkylation sites (tertiary alicyclic amines) is 1. The van der Waals surface area contributed by atoms with Crippen molar-refractivity contribution in [3.8, 4) is 0 Å². The molecule has 0 aromatic rings. The summed E-state index contributed by atoms with van der Waals surface area (Å²) in [5.74, 6) is -0.892. The predicted octanol–water partition coefficient (Wildman–Crippen LogP) is 1.58. The molecule has 0 aromatic heterocycles. The molecule has 96 valence electrons. The molecule has 0 spiro atoms. The van der Waals surface area contributed by atoms with Crippen LogP contribution >= 0.6 is 0 Å². The number of rotatable bonds is 3. The normalized spacial score (nSPS) is 26.4. The summed E-state index contributed by atoms with van der Waals surface area (Å²) in [4.78, 5) is 24.6. The fourth-order valence-corrected chi connectivity index (χ4v) is 2.74. The molecule has 17 heavy (non-hydrogen) atoms. The SMILES string of the molecule is CCC1(NC(=O)N2CCC[C@H]2C(=O)O)CCC1. The second kappa shape index (κ2) is 4.55. The van der Waals surface area contributed by atoms with E-state index in [9.17, 15) is 9.59 Å². The Balaban J connectivity index is 1.97. The van der Waals surface area contributed by atoms with Crippen LogP contribution in [0.1, 0.15) is 45.4 Å². The van der Waals surface area contributed by atoms with Crippen molar-refractivity contribution in [2.75, 3.05) is 6.54 Å². The monoisotopic (exact) mass is 240 g/mol. The predicted molar refractivity (Wildman–Crippen MR) is 62.8 cm³/mol. The third-order valence-corrected chi connectivity index (χ3v) is 4.16. The van der Waals surface area contributed by atoms with Crippen molar-refractivity contribution < 1.29 is 14.7 Å². The van der Waals surface area contributed by atoms with Gasteiger partial charge in [-0.25, -0.2) is 9.59 Å². The molecular formula is C12H20N2O3. The van der Waals surface area contributed by atoms with Crippen molar-refractivity contribution in [3.63, 3.8) is 0 Å². The molecule has 0 bridgehead atoms. The van der Waals surface area contributed by atoms with Gasteiger partial charge in [-0.05, 0) is 38.5 Å². The lowest BCUT2D eigenvalue weighted by Crippen LogP contribution is -2.58. The molecule has 1 saturated heterocycles. The summed E-state index contributed by atoms with van der Waals surface area (Å²) in [6, 6.07) is -0.833. The van der Waals surface area contributed by atoms with Crippen molar-refractivity contribution >= 4 is 12.0 Å². The summed E-state index contributed by atoms with van der Waals surface area (Å²) < 4.78 is 0.